The van der Waals surface area contributed by atoms with Crippen molar-refractivity contribution < 1.29 is 4.84 Å². The van der Waals surface area contributed by atoms with Crippen LogP contribution in [0.4, 0.5) is 0 Å². The monoisotopic (exact) mass is 265 g/mol. The summed E-state index contributed by atoms with van der Waals surface area (Å²) in [5, 5.41) is 1.91. The molecule has 0 atom stereocenters. The predicted molar refractivity (Wildman–Crippen MR) is 82.5 cm³/mol. The first-order chi connectivity index (χ1) is 9.43. The molecule has 0 aliphatic carbocycles. The Hall–Kier alpha value is -0.920. The van der Waals surface area contributed by atoms with E-state index < -0.39 is 0 Å². The van der Waals surface area contributed by atoms with Gasteiger partial charge in [-0.15, -0.1) is 0 Å². The maximum absolute atomic E-state index is 5.34. The second-order valence-corrected chi connectivity index (χ2v) is 5.45. The third kappa shape index (κ3) is 9.63. The molecule has 0 spiro atoms. The molecule has 0 amide bonds. The van der Waals surface area contributed by atoms with Crippen molar-refractivity contribution in [3.63, 3.8) is 0 Å². The average Bonchev–Trinajstić information content (AvgIpc) is 2.46. The van der Waals surface area contributed by atoms with E-state index in [0.29, 0.717) is 0 Å². The van der Waals surface area contributed by atoms with Crippen LogP contribution < -0.4 is 0 Å². The molecule has 19 heavy (non-hydrogen) atoms. The zero-order valence-corrected chi connectivity index (χ0v) is 12.7. The molecule has 1 aliphatic rings. The Labute approximate surface area is 119 Å². The molecule has 0 aromatic heterocycles. The topological polar surface area (TPSA) is 12.5 Å². The van der Waals surface area contributed by atoms with Crippen molar-refractivity contribution in [1.82, 2.24) is 5.06 Å². The lowest BCUT2D eigenvalue weighted by atomic mass is 10.1. The van der Waals surface area contributed by atoms with Crippen LogP contribution in [-0.4, -0.2) is 11.6 Å². The molecule has 110 valence electrons. The van der Waals surface area contributed by atoms with Crippen LogP contribution in [0.25, 0.3) is 0 Å². The molecule has 1 aliphatic heterocycles. The van der Waals surface area contributed by atoms with Crippen LogP contribution in [-0.2, 0) is 4.84 Å². The van der Waals surface area contributed by atoms with E-state index in [1.54, 1.807) is 6.26 Å². The first-order valence-electron chi connectivity index (χ1n) is 8.20. The Kier molecular flexibility index (Phi) is 10.3. The van der Waals surface area contributed by atoms with Gasteiger partial charge in [-0.3, -0.25) is 0 Å². The minimum atomic E-state index is 1.01. The lowest BCUT2D eigenvalue weighted by Crippen LogP contribution is -2.17. The molecule has 0 aromatic carbocycles. The van der Waals surface area contributed by atoms with Gasteiger partial charge in [-0.05, 0) is 18.6 Å². The van der Waals surface area contributed by atoms with Gasteiger partial charge < -0.3 is 4.84 Å². The zero-order valence-electron chi connectivity index (χ0n) is 12.7. The normalized spacial score (nSPS) is 13.8. The average molecular weight is 265 g/mol. The molecule has 0 radical (unpaired) electrons. The molecule has 1 heterocycles. The largest absolute Gasteiger partial charge is 0.388 e. The van der Waals surface area contributed by atoms with Crippen LogP contribution in [0.1, 0.15) is 77.6 Å². The highest BCUT2D eigenvalue weighted by molar-refractivity contribution is 5.01. The van der Waals surface area contributed by atoms with Gasteiger partial charge in [-0.2, -0.15) is 0 Å². The molecular weight excluding hydrogens is 234 g/mol. The summed E-state index contributed by atoms with van der Waals surface area (Å²) in [6.45, 7) is 3.29. The van der Waals surface area contributed by atoms with Crippen LogP contribution in [0.3, 0.4) is 0 Å². The summed E-state index contributed by atoms with van der Waals surface area (Å²) in [7, 11) is 0. The minimum absolute atomic E-state index is 1.01. The summed E-state index contributed by atoms with van der Waals surface area (Å²) in [5.74, 6) is 0. The lowest BCUT2D eigenvalue weighted by Gasteiger charge is -2.19. The van der Waals surface area contributed by atoms with Gasteiger partial charge in [0.05, 0.1) is 6.54 Å². The Balaban J connectivity index is 1.74. The quantitative estimate of drug-likeness (QED) is 0.428. The summed E-state index contributed by atoms with van der Waals surface area (Å²) >= 11 is 0. The van der Waals surface area contributed by atoms with Crippen LogP contribution >= 0.6 is 0 Å². The van der Waals surface area contributed by atoms with E-state index in [9.17, 15) is 0 Å². The molecule has 0 N–H and O–H groups in total. The van der Waals surface area contributed by atoms with Gasteiger partial charge in [0.2, 0.25) is 0 Å². The summed E-state index contributed by atoms with van der Waals surface area (Å²) in [6, 6.07) is 0. The van der Waals surface area contributed by atoms with Crippen LogP contribution in [0.2, 0.25) is 0 Å². The van der Waals surface area contributed by atoms with Crippen molar-refractivity contribution >= 4 is 0 Å². The van der Waals surface area contributed by atoms with Gasteiger partial charge in [0, 0.05) is 6.20 Å². The summed E-state index contributed by atoms with van der Waals surface area (Å²) < 4.78 is 0. The fourth-order valence-electron chi connectivity index (χ4n) is 2.40. The first-order valence-corrected chi connectivity index (χ1v) is 8.20. The first kappa shape index (κ1) is 16.1. The highest BCUT2D eigenvalue weighted by Crippen LogP contribution is 2.12. The predicted octanol–water partition coefficient (Wildman–Crippen LogP) is 5.57. The summed E-state index contributed by atoms with van der Waals surface area (Å²) in [5.41, 5.74) is 0. The zero-order chi connectivity index (χ0) is 13.6. The number of rotatable bonds is 12. The second kappa shape index (κ2) is 12.1. The van der Waals surface area contributed by atoms with E-state index in [4.69, 9.17) is 4.84 Å². The van der Waals surface area contributed by atoms with Crippen molar-refractivity contribution in [3.05, 3.63) is 24.6 Å². The maximum atomic E-state index is 5.34. The van der Waals surface area contributed by atoms with Crippen molar-refractivity contribution in [2.45, 2.75) is 77.6 Å². The third-order valence-electron chi connectivity index (χ3n) is 3.62. The lowest BCUT2D eigenvalue weighted by molar-refractivity contribution is -0.0604. The standard InChI is InChI=1S/C17H31NO/c1-2-3-4-5-6-7-8-9-10-11-12-15-18-16-13-14-17-19-18/h13-14,16-17H,2-12,15H2,1H3. The highest BCUT2D eigenvalue weighted by Gasteiger charge is 2.00. The van der Waals surface area contributed by atoms with E-state index in [-0.39, 0.29) is 0 Å². The molecule has 0 fully saturated rings. The molecule has 0 unspecified atom stereocenters. The van der Waals surface area contributed by atoms with Crippen molar-refractivity contribution in [3.8, 4) is 0 Å². The van der Waals surface area contributed by atoms with Crippen molar-refractivity contribution in [1.29, 1.82) is 0 Å². The minimum Gasteiger partial charge on any atom is -0.388 e. The smallest absolute Gasteiger partial charge is 0.119 e. The van der Waals surface area contributed by atoms with E-state index in [1.807, 2.05) is 23.4 Å². The Morgan fingerprint density at radius 1 is 0.737 bits per heavy atom. The molecule has 0 aromatic rings. The van der Waals surface area contributed by atoms with Gasteiger partial charge in [-0.25, -0.2) is 5.06 Å². The number of allylic oxidation sites excluding steroid dienone is 2. The molecule has 0 bridgehead atoms. The Morgan fingerprint density at radius 3 is 1.84 bits per heavy atom. The van der Waals surface area contributed by atoms with E-state index in [0.717, 1.165) is 6.54 Å². The number of nitrogens with zero attached hydrogens (tertiary/aromatic N) is 1. The van der Waals surface area contributed by atoms with Crippen molar-refractivity contribution in [2.24, 2.45) is 0 Å². The number of hydroxylamine groups is 2. The van der Waals surface area contributed by atoms with Crippen molar-refractivity contribution in [2.75, 3.05) is 6.54 Å². The summed E-state index contributed by atoms with van der Waals surface area (Å²) in [6.07, 6.45) is 23.0. The second-order valence-electron chi connectivity index (χ2n) is 5.45. The van der Waals surface area contributed by atoms with E-state index in [2.05, 4.69) is 6.92 Å². The van der Waals surface area contributed by atoms with Gasteiger partial charge in [0.15, 0.2) is 0 Å². The Morgan fingerprint density at radius 2 is 1.32 bits per heavy atom. The maximum Gasteiger partial charge on any atom is 0.119 e. The molecule has 2 heteroatoms. The van der Waals surface area contributed by atoms with Crippen LogP contribution in [0, 0.1) is 0 Å². The SMILES string of the molecule is CCCCCCCCCCCCCN1C=CC=CO1. The fourth-order valence-corrected chi connectivity index (χ4v) is 2.40. The molecule has 2 nitrogen and oxygen atoms in total. The number of unbranched alkanes of at least 4 members (excludes halogenated alkanes) is 10. The van der Waals surface area contributed by atoms with Crippen LogP contribution in [0.5, 0.6) is 0 Å². The Bertz CT molecular complexity index is 248. The van der Waals surface area contributed by atoms with Gasteiger partial charge in [0.25, 0.3) is 0 Å². The molecular formula is C17H31NO. The fraction of sp³-hybridized carbons (Fsp3) is 0.765. The van der Waals surface area contributed by atoms with Gasteiger partial charge in [-0.1, -0.05) is 71.1 Å². The molecule has 0 saturated heterocycles. The van der Waals surface area contributed by atoms with Gasteiger partial charge in [0.1, 0.15) is 6.26 Å². The highest BCUT2D eigenvalue weighted by atomic mass is 16.7. The van der Waals surface area contributed by atoms with Crippen LogP contribution in [0.15, 0.2) is 24.6 Å². The van der Waals surface area contributed by atoms with Gasteiger partial charge >= 0.3 is 0 Å². The molecule has 1 rings (SSSR count). The molecule has 0 saturated carbocycles. The number of hydrogen-bond acceptors (Lipinski definition) is 2. The van der Waals surface area contributed by atoms with E-state index in [1.165, 1.54) is 70.6 Å². The number of hydrogen-bond donors (Lipinski definition) is 0. The third-order valence-corrected chi connectivity index (χ3v) is 3.62. The summed E-state index contributed by atoms with van der Waals surface area (Å²) in [4.78, 5) is 5.34. The van der Waals surface area contributed by atoms with E-state index >= 15 is 0 Å².